The minimum absolute atomic E-state index is 0.0676. The fourth-order valence-corrected chi connectivity index (χ4v) is 3.12. The van der Waals surface area contributed by atoms with Crippen LogP contribution >= 0.6 is 11.6 Å². The molecule has 174 valence electrons. The van der Waals surface area contributed by atoms with E-state index in [9.17, 15) is 27.6 Å². The molecule has 3 aromatic rings. The Kier molecular flexibility index (Phi) is 7.22. The summed E-state index contributed by atoms with van der Waals surface area (Å²) in [5.74, 6) is -3.57. The number of para-hydroxylation sites is 3. The maximum atomic E-state index is 13.3. The Balaban J connectivity index is 1.57. The molecule has 0 unspecified atom stereocenters. The van der Waals surface area contributed by atoms with Gasteiger partial charge in [0.25, 0.3) is 5.91 Å². The summed E-state index contributed by atoms with van der Waals surface area (Å²) < 4.78 is 45.5. The predicted octanol–water partition coefficient (Wildman–Crippen LogP) is 3.35. The number of hydrogen-bond acceptors (Lipinski definition) is 5. The predicted molar refractivity (Wildman–Crippen MR) is 113 cm³/mol. The van der Waals surface area contributed by atoms with Crippen LogP contribution in [0.4, 0.5) is 18.9 Å². The van der Waals surface area contributed by atoms with Gasteiger partial charge in [0.15, 0.2) is 6.61 Å². The van der Waals surface area contributed by atoms with Gasteiger partial charge in [-0.25, -0.2) is 4.98 Å². The standard InChI is InChI=1S/C21H18ClF3N4O4/c1-28(10-17(30)26-14-7-3-2-6-13(14)22)18(31)12-33-19(32)11-29-16-9-5-4-8-15(16)27-20(29)21(23,24)25/h2-9H,10-12H2,1H3,(H,26,30). The first-order valence-electron chi connectivity index (χ1n) is 9.52. The molecule has 1 heterocycles. The number of esters is 1. The Morgan fingerprint density at radius 3 is 2.48 bits per heavy atom. The molecule has 2 aromatic carbocycles. The van der Waals surface area contributed by atoms with Crippen molar-refractivity contribution in [3.05, 3.63) is 59.4 Å². The summed E-state index contributed by atoms with van der Waals surface area (Å²) >= 11 is 5.96. The number of benzene rings is 2. The highest BCUT2D eigenvalue weighted by molar-refractivity contribution is 6.33. The number of nitrogens with one attached hydrogen (secondary N) is 1. The van der Waals surface area contributed by atoms with Crippen LogP contribution in [0.5, 0.6) is 0 Å². The van der Waals surface area contributed by atoms with Gasteiger partial charge in [-0.15, -0.1) is 0 Å². The van der Waals surface area contributed by atoms with E-state index in [1.807, 2.05) is 0 Å². The second-order valence-electron chi connectivity index (χ2n) is 6.95. The number of imidazole rings is 1. The van der Waals surface area contributed by atoms with E-state index >= 15 is 0 Å². The molecule has 0 saturated heterocycles. The fraction of sp³-hybridized carbons (Fsp3) is 0.238. The van der Waals surface area contributed by atoms with Gasteiger partial charge in [0.05, 0.1) is 28.3 Å². The number of alkyl halides is 3. The van der Waals surface area contributed by atoms with Crippen LogP contribution in [0.2, 0.25) is 5.02 Å². The highest BCUT2D eigenvalue weighted by Crippen LogP contribution is 2.31. The van der Waals surface area contributed by atoms with Crippen molar-refractivity contribution in [3.8, 4) is 0 Å². The SMILES string of the molecule is CN(CC(=O)Nc1ccccc1Cl)C(=O)COC(=O)Cn1c(C(F)(F)F)nc2ccccc21. The molecule has 0 aliphatic heterocycles. The Hall–Kier alpha value is -3.60. The highest BCUT2D eigenvalue weighted by Gasteiger charge is 2.38. The third-order valence-corrected chi connectivity index (χ3v) is 4.84. The second kappa shape index (κ2) is 9.90. The highest BCUT2D eigenvalue weighted by atomic mass is 35.5. The van der Waals surface area contributed by atoms with Crippen LogP contribution in [0.15, 0.2) is 48.5 Å². The van der Waals surface area contributed by atoms with Crippen LogP contribution in [0, 0.1) is 0 Å². The average molecular weight is 483 g/mol. The van der Waals surface area contributed by atoms with Gasteiger partial charge in [-0.3, -0.25) is 14.4 Å². The quantitative estimate of drug-likeness (QED) is 0.521. The number of ether oxygens (including phenoxy) is 1. The van der Waals surface area contributed by atoms with Crippen LogP contribution in [-0.2, 0) is 31.8 Å². The molecule has 0 aliphatic rings. The van der Waals surface area contributed by atoms with E-state index in [-0.39, 0.29) is 17.6 Å². The number of hydrogen-bond donors (Lipinski definition) is 1. The Morgan fingerprint density at radius 1 is 1.12 bits per heavy atom. The number of anilines is 1. The zero-order valence-corrected chi connectivity index (χ0v) is 18.0. The number of carbonyl (C=O) groups excluding carboxylic acids is 3. The van der Waals surface area contributed by atoms with Gasteiger partial charge < -0.3 is 19.5 Å². The lowest BCUT2D eigenvalue weighted by Gasteiger charge is -2.17. The number of halogens is 4. The number of carbonyl (C=O) groups is 3. The molecule has 3 rings (SSSR count). The number of fused-ring (bicyclic) bond motifs is 1. The van der Waals surface area contributed by atoms with E-state index < -0.39 is 42.9 Å². The topological polar surface area (TPSA) is 93.5 Å². The van der Waals surface area contributed by atoms with Gasteiger partial charge in [-0.1, -0.05) is 35.9 Å². The zero-order valence-electron chi connectivity index (χ0n) is 17.2. The van der Waals surface area contributed by atoms with Gasteiger partial charge in [0, 0.05) is 7.05 Å². The smallest absolute Gasteiger partial charge is 0.449 e. The van der Waals surface area contributed by atoms with E-state index in [1.165, 1.54) is 31.3 Å². The minimum atomic E-state index is -4.79. The largest absolute Gasteiger partial charge is 0.454 e. The maximum Gasteiger partial charge on any atom is 0.449 e. The molecule has 0 spiro atoms. The third-order valence-electron chi connectivity index (χ3n) is 4.51. The molecule has 33 heavy (non-hydrogen) atoms. The first kappa shape index (κ1) is 24.1. The van der Waals surface area contributed by atoms with Gasteiger partial charge in [0.1, 0.15) is 6.54 Å². The van der Waals surface area contributed by atoms with Crippen molar-refractivity contribution in [1.82, 2.24) is 14.5 Å². The number of nitrogens with zero attached hydrogens (tertiary/aromatic N) is 3. The lowest BCUT2D eigenvalue weighted by molar-refractivity contribution is -0.155. The second-order valence-corrected chi connectivity index (χ2v) is 7.35. The van der Waals surface area contributed by atoms with E-state index in [0.29, 0.717) is 15.3 Å². The van der Waals surface area contributed by atoms with E-state index in [1.54, 1.807) is 24.3 Å². The van der Waals surface area contributed by atoms with Crippen molar-refractivity contribution in [2.75, 3.05) is 25.5 Å². The van der Waals surface area contributed by atoms with Gasteiger partial charge >= 0.3 is 12.1 Å². The van der Waals surface area contributed by atoms with Crippen LogP contribution in [0.1, 0.15) is 5.82 Å². The van der Waals surface area contributed by atoms with Crippen LogP contribution < -0.4 is 5.32 Å². The van der Waals surface area contributed by atoms with Gasteiger partial charge in [-0.05, 0) is 24.3 Å². The summed E-state index contributed by atoms with van der Waals surface area (Å²) in [5.41, 5.74) is 0.531. The summed E-state index contributed by atoms with van der Waals surface area (Å²) in [6, 6.07) is 12.3. The molecule has 0 atom stereocenters. The lowest BCUT2D eigenvalue weighted by atomic mass is 10.3. The molecule has 12 heteroatoms. The van der Waals surface area contributed by atoms with Crippen molar-refractivity contribution in [2.24, 2.45) is 0 Å². The van der Waals surface area contributed by atoms with Crippen molar-refractivity contribution in [1.29, 1.82) is 0 Å². The molecule has 2 amide bonds. The summed E-state index contributed by atoms with van der Waals surface area (Å²) in [7, 11) is 1.31. The molecule has 0 bridgehead atoms. The van der Waals surface area contributed by atoms with Crippen molar-refractivity contribution < 1.29 is 32.3 Å². The number of aromatic nitrogens is 2. The fourth-order valence-electron chi connectivity index (χ4n) is 2.94. The molecule has 0 aliphatic carbocycles. The first-order valence-corrected chi connectivity index (χ1v) is 9.90. The van der Waals surface area contributed by atoms with E-state index in [4.69, 9.17) is 16.3 Å². The summed E-state index contributed by atoms with van der Waals surface area (Å²) in [4.78, 5) is 41.0. The minimum Gasteiger partial charge on any atom is -0.454 e. The lowest BCUT2D eigenvalue weighted by Crippen LogP contribution is -2.37. The van der Waals surface area contributed by atoms with Crippen LogP contribution in [0.25, 0.3) is 11.0 Å². The summed E-state index contributed by atoms with van der Waals surface area (Å²) in [5, 5.41) is 2.86. The van der Waals surface area contributed by atoms with Crippen molar-refractivity contribution >= 4 is 46.1 Å². The normalized spacial score (nSPS) is 11.3. The molecule has 0 radical (unpaired) electrons. The Labute approximate surface area is 190 Å². The number of likely N-dealkylation sites (N-methyl/N-ethyl adjacent to an activating group) is 1. The molecule has 8 nitrogen and oxygen atoms in total. The zero-order chi connectivity index (χ0) is 24.2. The van der Waals surface area contributed by atoms with Crippen molar-refractivity contribution in [3.63, 3.8) is 0 Å². The van der Waals surface area contributed by atoms with E-state index in [0.717, 1.165) is 4.90 Å². The summed E-state index contributed by atoms with van der Waals surface area (Å²) in [6.07, 6.45) is -4.79. The van der Waals surface area contributed by atoms with Gasteiger partial charge in [-0.2, -0.15) is 13.2 Å². The molecule has 0 fully saturated rings. The van der Waals surface area contributed by atoms with E-state index in [2.05, 4.69) is 10.3 Å². The number of rotatable bonds is 7. The molecule has 1 N–H and O–H groups in total. The van der Waals surface area contributed by atoms with Crippen LogP contribution in [0.3, 0.4) is 0 Å². The Bertz CT molecular complexity index is 1200. The monoisotopic (exact) mass is 482 g/mol. The number of amides is 2. The first-order chi connectivity index (χ1) is 15.6. The maximum absolute atomic E-state index is 13.3. The molecule has 0 saturated carbocycles. The average Bonchev–Trinajstić information content (AvgIpc) is 3.12. The Morgan fingerprint density at radius 2 is 1.79 bits per heavy atom. The summed E-state index contributed by atoms with van der Waals surface area (Å²) in [6.45, 7) is -1.89. The third kappa shape index (κ3) is 6.01. The molecular weight excluding hydrogens is 465 g/mol. The van der Waals surface area contributed by atoms with Crippen molar-refractivity contribution in [2.45, 2.75) is 12.7 Å². The van der Waals surface area contributed by atoms with Gasteiger partial charge in [0.2, 0.25) is 11.7 Å². The molecule has 1 aromatic heterocycles. The van der Waals surface area contributed by atoms with Crippen LogP contribution in [-0.4, -0.2) is 52.4 Å². The molecular formula is C21H18ClF3N4O4.